The van der Waals surface area contributed by atoms with Crippen molar-refractivity contribution in [3.63, 3.8) is 0 Å². The molecule has 3 aromatic rings. The molecule has 2 aromatic carbocycles. The molecule has 3 rings (SSSR count). The largest absolute Gasteiger partial charge is 0.462 e. The van der Waals surface area contributed by atoms with Gasteiger partial charge in [-0.25, -0.2) is 14.0 Å². The summed E-state index contributed by atoms with van der Waals surface area (Å²) >= 11 is 0. The third kappa shape index (κ3) is 4.26. The summed E-state index contributed by atoms with van der Waals surface area (Å²) in [4.78, 5) is 36.4. The number of anilines is 1. The van der Waals surface area contributed by atoms with Gasteiger partial charge in [0.05, 0.1) is 17.9 Å². The number of carbonyl (C=O) groups is 3. The molecule has 7 nitrogen and oxygen atoms in total. The minimum atomic E-state index is -0.896. The Hall–Kier alpha value is -3.68. The average Bonchev–Trinajstić information content (AvgIpc) is 3.05. The van der Waals surface area contributed by atoms with E-state index in [9.17, 15) is 18.8 Å². The lowest BCUT2D eigenvalue weighted by Gasteiger charge is -2.10. The lowest BCUT2D eigenvalue weighted by Crippen LogP contribution is -2.22. The van der Waals surface area contributed by atoms with Gasteiger partial charge in [-0.2, -0.15) is 0 Å². The highest BCUT2D eigenvalue weighted by Gasteiger charge is 2.22. The first-order valence-electron chi connectivity index (χ1n) is 8.83. The van der Waals surface area contributed by atoms with Gasteiger partial charge in [0.25, 0.3) is 5.91 Å². The van der Waals surface area contributed by atoms with Gasteiger partial charge in [0.2, 0.25) is 5.76 Å². The van der Waals surface area contributed by atoms with E-state index in [2.05, 4.69) is 5.32 Å². The van der Waals surface area contributed by atoms with E-state index < -0.39 is 30.3 Å². The molecule has 29 heavy (non-hydrogen) atoms. The Labute approximate surface area is 165 Å². The second kappa shape index (κ2) is 8.55. The summed E-state index contributed by atoms with van der Waals surface area (Å²) in [5, 5.41) is 2.95. The number of fused-ring (bicyclic) bond motifs is 1. The Bertz CT molecular complexity index is 1090. The van der Waals surface area contributed by atoms with Crippen LogP contribution in [0.25, 0.3) is 11.0 Å². The van der Waals surface area contributed by atoms with Crippen LogP contribution in [0.3, 0.4) is 0 Å². The third-order valence-corrected chi connectivity index (χ3v) is 4.13. The summed E-state index contributed by atoms with van der Waals surface area (Å²) in [5.41, 5.74) is 0.772. The fraction of sp³-hybridized carbons (Fsp3) is 0.190. The molecule has 0 aliphatic carbocycles. The molecule has 0 radical (unpaired) electrons. The van der Waals surface area contributed by atoms with Crippen molar-refractivity contribution < 1.29 is 32.7 Å². The first-order chi connectivity index (χ1) is 13.9. The van der Waals surface area contributed by atoms with E-state index in [4.69, 9.17) is 13.9 Å². The van der Waals surface area contributed by atoms with Crippen molar-refractivity contribution in [3.8, 4) is 0 Å². The molecule has 1 N–H and O–H groups in total. The highest BCUT2D eigenvalue weighted by molar-refractivity contribution is 6.02. The molecule has 1 amide bonds. The zero-order valence-corrected chi connectivity index (χ0v) is 15.8. The number of para-hydroxylation sites is 2. The molecule has 0 unspecified atom stereocenters. The highest BCUT2D eigenvalue weighted by atomic mass is 19.1. The van der Waals surface area contributed by atoms with Crippen LogP contribution in [0.4, 0.5) is 10.1 Å². The molecule has 1 heterocycles. The smallest absolute Gasteiger partial charge is 0.375 e. The van der Waals surface area contributed by atoms with Crippen LogP contribution in [0.5, 0.6) is 0 Å². The van der Waals surface area contributed by atoms with Crippen LogP contribution in [-0.2, 0) is 14.3 Å². The predicted octanol–water partition coefficient (Wildman–Crippen LogP) is 3.85. The zero-order chi connectivity index (χ0) is 21.0. The van der Waals surface area contributed by atoms with Gasteiger partial charge in [-0.3, -0.25) is 4.79 Å². The molecular weight excluding hydrogens is 381 g/mol. The number of halogens is 1. The number of esters is 2. The molecule has 0 aliphatic rings. The SMILES string of the molecule is CCOC(=O)c1ccccc1NC(=O)COC(=O)c1oc2c(F)cccc2c1C. The number of nitrogens with one attached hydrogen (secondary N) is 1. The van der Waals surface area contributed by atoms with E-state index in [0.29, 0.717) is 10.9 Å². The standard InChI is InChI=1S/C21H18FNO6/c1-3-27-20(25)14-7-4-5-10-16(14)23-17(24)11-28-21(26)18-12(2)13-8-6-9-15(22)19(13)29-18/h4-10H,3,11H2,1-2H3,(H,23,24). The summed E-state index contributed by atoms with van der Waals surface area (Å²) in [5.74, 6) is -2.91. The predicted molar refractivity (Wildman–Crippen MR) is 102 cm³/mol. The normalized spacial score (nSPS) is 10.6. The Morgan fingerprint density at radius 3 is 2.52 bits per heavy atom. The number of rotatable bonds is 6. The number of furan rings is 1. The lowest BCUT2D eigenvalue weighted by molar-refractivity contribution is -0.119. The van der Waals surface area contributed by atoms with E-state index in [1.165, 1.54) is 24.3 Å². The Morgan fingerprint density at radius 2 is 1.79 bits per heavy atom. The number of amides is 1. The topological polar surface area (TPSA) is 94.8 Å². The first-order valence-corrected chi connectivity index (χ1v) is 8.83. The number of hydrogen-bond donors (Lipinski definition) is 1. The maximum absolute atomic E-state index is 13.8. The molecule has 0 saturated heterocycles. The minimum absolute atomic E-state index is 0.0511. The second-order valence-corrected chi connectivity index (χ2v) is 6.06. The fourth-order valence-corrected chi connectivity index (χ4v) is 2.77. The van der Waals surface area contributed by atoms with Gasteiger partial charge in [-0.1, -0.05) is 24.3 Å². The molecule has 0 aliphatic heterocycles. The quantitative estimate of drug-likeness (QED) is 0.633. The molecular formula is C21H18FNO6. The molecule has 0 bridgehead atoms. The van der Waals surface area contributed by atoms with Crippen molar-refractivity contribution in [2.24, 2.45) is 0 Å². The van der Waals surface area contributed by atoms with Gasteiger partial charge in [0.1, 0.15) is 0 Å². The molecule has 1 aromatic heterocycles. The van der Waals surface area contributed by atoms with E-state index in [1.807, 2.05) is 0 Å². The summed E-state index contributed by atoms with van der Waals surface area (Å²) in [6.07, 6.45) is 0. The van der Waals surface area contributed by atoms with Crippen molar-refractivity contribution in [2.45, 2.75) is 13.8 Å². The van der Waals surface area contributed by atoms with E-state index >= 15 is 0 Å². The average molecular weight is 399 g/mol. The van der Waals surface area contributed by atoms with Crippen LogP contribution in [-0.4, -0.2) is 31.1 Å². The van der Waals surface area contributed by atoms with Crippen LogP contribution < -0.4 is 5.32 Å². The van der Waals surface area contributed by atoms with Crippen LogP contribution in [0.1, 0.15) is 33.4 Å². The molecule has 0 fully saturated rings. The van der Waals surface area contributed by atoms with Crippen LogP contribution in [0.2, 0.25) is 0 Å². The second-order valence-electron chi connectivity index (χ2n) is 6.06. The zero-order valence-electron chi connectivity index (χ0n) is 15.8. The van der Waals surface area contributed by atoms with E-state index in [-0.39, 0.29) is 29.2 Å². The lowest BCUT2D eigenvalue weighted by atomic mass is 10.1. The fourth-order valence-electron chi connectivity index (χ4n) is 2.77. The number of ether oxygens (including phenoxy) is 2. The minimum Gasteiger partial charge on any atom is -0.462 e. The van der Waals surface area contributed by atoms with Crippen molar-refractivity contribution in [3.05, 3.63) is 65.2 Å². The van der Waals surface area contributed by atoms with Gasteiger partial charge < -0.3 is 19.2 Å². The summed E-state index contributed by atoms with van der Waals surface area (Å²) in [7, 11) is 0. The van der Waals surface area contributed by atoms with Gasteiger partial charge in [-0.15, -0.1) is 0 Å². The van der Waals surface area contributed by atoms with Crippen LogP contribution >= 0.6 is 0 Å². The molecule has 0 atom stereocenters. The van der Waals surface area contributed by atoms with Gasteiger partial charge in [0.15, 0.2) is 18.0 Å². The van der Waals surface area contributed by atoms with Crippen LogP contribution in [0.15, 0.2) is 46.9 Å². The van der Waals surface area contributed by atoms with E-state index in [0.717, 1.165) is 0 Å². The first kappa shape index (κ1) is 20.1. The van der Waals surface area contributed by atoms with Crippen molar-refractivity contribution in [1.82, 2.24) is 0 Å². The van der Waals surface area contributed by atoms with Crippen molar-refractivity contribution >= 4 is 34.5 Å². The van der Waals surface area contributed by atoms with Gasteiger partial charge >= 0.3 is 11.9 Å². The van der Waals surface area contributed by atoms with Gasteiger partial charge in [-0.05, 0) is 32.0 Å². The molecule has 0 spiro atoms. The van der Waals surface area contributed by atoms with Gasteiger partial charge in [0, 0.05) is 10.9 Å². The number of benzene rings is 2. The monoisotopic (exact) mass is 399 g/mol. The Balaban J connectivity index is 1.68. The Morgan fingerprint density at radius 1 is 1.03 bits per heavy atom. The summed E-state index contributed by atoms with van der Waals surface area (Å²) in [6.45, 7) is 2.84. The third-order valence-electron chi connectivity index (χ3n) is 4.13. The molecule has 8 heteroatoms. The summed E-state index contributed by atoms with van der Waals surface area (Å²) in [6, 6.07) is 10.6. The van der Waals surface area contributed by atoms with Crippen LogP contribution in [0, 0.1) is 12.7 Å². The highest BCUT2D eigenvalue weighted by Crippen LogP contribution is 2.27. The molecule has 150 valence electrons. The maximum Gasteiger partial charge on any atom is 0.375 e. The van der Waals surface area contributed by atoms with E-state index in [1.54, 1.807) is 32.0 Å². The van der Waals surface area contributed by atoms with Crippen molar-refractivity contribution in [2.75, 3.05) is 18.5 Å². The maximum atomic E-state index is 13.8. The molecule has 0 saturated carbocycles. The summed E-state index contributed by atoms with van der Waals surface area (Å²) < 4.78 is 29.0. The number of aryl methyl sites for hydroxylation is 1. The Kier molecular flexibility index (Phi) is 5.92. The number of hydrogen-bond acceptors (Lipinski definition) is 6. The van der Waals surface area contributed by atoms with Crippen molar-refractivity contribution in [1.29, 1.82) is 0 Å². The number of carbonyl (C=O) groups excluding carboxylic acids is 3.